The van der Waals surface area contributed by atoms with Crippen LogP contribution in [0.4, 0.5) is 5.69 Å². The third-order valence-corrected chi connectivity index (χ3v) is 5.82. The lowest BCUT2D eigenvalue weighted by Gasteiger charge is -2.28. The third-order valence-electron chi connectivity index (χ3n) is 4.95. The SMILES string of the molecule is NCCCC/C(=C\c1ccc(N2CCOCC2)cc1)c1nc(-c2cccs2)no1. The molecule has 29 heavy (non-hydrogen) atoms. The van der Waals surface area contributed by atoms with Crippen molar-refractivity contribution >= 4 is 28.7 Å². The molecule has 3 heterocycles. The molecule has 0 amide bonds. The second kappa shape index (κ2) is 9.82. The zero-order chi connectivity index (χ0) is 19.9. The molecule has 0 aliphatic carbocycles. The Morgan fingerprint density at radius 2 is 1.97 bits per heavy atom. The summed E-state index contributed by atoms with van der Waals surface area (Å²) in [5, 5.41) is 6.18. The first-order chi connectivity index (χ1) is 14.3. The molecule has 0 saturated carbocycles. The molecule has 3 aromatic rings. The number of anilines is 1. The van der Waals surface area contributed by atoms with Gasteiger partial charge in [0.2, 0.25) is 5.82 Å². The van der Waals surface area contributed by atoms with Gasteiger partial charge in [-0.3, -0.25) is 0 Å². The fourth-order valence-electron chi connectivity index (χ4n) is 3.36. The van der Waals surface area contributed by atoms with Gasteiger partial charge in [-0.1, -0.05) is 23.4 Å². The predicted octanol–water partition coefficient (Wildman–Crippen LogP) is 4.30. The van der Waals surface area contributed by atoms with Gasteiger partial charge in [0.1, 0.15) is 0 Å². The lowest BCUT2D eigenvalue weighted by molar-refractivity contribution is 0.122. The summed E-state index contributed by atoms with van der Waals surface area (Å²) in [5.74, 6) is 1.23. The Morgan fingerprint density at radius 3 is 2.69 bits per heavy atom. The number of aromatic nitrogens is 2. The molecule has 1 saturated heterocycles. The molecule has 0 bridgehead atoms. The number of unbranched alkanes of at least 4 members (excludes halogenated alkanes) is 1. The van der Waals surface area contributed by atoms with Crippen LogP contribution in [0.2, 0.25) is 0 Å². The van der Waals surface area contributed by atoms with E-state index >= 15 is 0 Å². The summed E-state index contributed by atoms with van der Waals surface area (Å²) >= 11 is 1.61. The van der Waals surface area contributed by atoms with E-state index in [4.69, 9.17) is 15.0 Å². The first-order valence-corrected chi connectivity index (χ1v) is 10.9. The van der Waals surface area contributed by atoms with E-state index < -0.39 is 0 Å². The van der Waals surface area contributed by atoms with E-state index in [1.165, 1.54) is 5.69 Å². The first kappa shape index (κ1) is 19.8. The Balaban J connectivity index is 1.55. The number of hydrogen-bond donors (Lipinski definition) is 1. The van der Waals surface area contributed by atoms with Crippen LogP contribution < -0.4 is 10.6 Å². The molecule has 1 aliphatic heterocycles. The van der Waals surface area contributed by atoms with Crippen molar-refractivity contribution in [2.75, 3.05) is 37.7 Å². The van der Waals surface area contributed by atoms with Crippen LogP contribution in [0.1, 0.15) is 30.7 Å². The Kier molecular flexibility index (Phi) is 6.71. The Labute approximate surface area is 175 Å². The summed E-state index contributed by atoms with van der Waals surface area (Å²) in [4.78, 5) is 7.99. The van der Waals surface area contributed by atoms with Gasteiger partial charge in [-0.15, -0.1) is 11.3 Å². The van der Waals surface area contributed by atoms with E-state index in [0.29, 0.717) is 18.3 Å². The topological polar surface area (TPSA) is 77.4 Å². The van der Waals surface area contributed by atoms with Gasteiger partial charge in [0.05, 0.1) is 18.1 Å². The molecule has 0 unspecified atom stereocenters. The fourth-order valence-corrected chi connectivity index (χ4v) is 4.01. The average Bonchev–Trinajstić information content (AvgIpc) is 3.46. The standard InChI is InChI=1S/C22H26N4O2S/c23-10-2-1-4-18(22-24-21(25-28-22)20-5-3-15-29-20)16-17-6-8-19(9-7-17)26-11-13-27-14-12-26/h3,5-9,15-16H,1-2,4,10-14,23H2/b18-16+. The van der Waals surface area contributed by atoms with Gasteiger partial charge in [-0.2, -0.15) is 4.98 Å². The van der Waals surface area contributed by atoms with E-state index in [1.807, 2.05) is 17.5 Å². The summed E-state index contributed by atoms with van der Waals surface area (Å²) in [6.45, 7) is 4.14. The molecule has 0 atom stereocenters. The van der Waals surface area contributed by atoms with Crippen molar-refractivity contribution in [3.63, 3.8) is 0 Å². The molecule has 1 fully saturated rings. The lowest BCUT2D eigenvalue weighted by atomic mass is 10.0. The zero-order valence-corrected chi connectivity index (χ0v) is 17.2. The van der Waals surface area contributed by atoms with Crippen molar-refractivity contribution < 1.29 is 9.26 Å². The number of benzene rings is 1. The number of hydrogen-bond acceptors (Lipinski definition) is 7. The Hall–Kier alpha value is -2.48. The smallest absolute Gasteiger partial charge is 0.254 e. The van der Waals surface area contributed by atoms with Crippen molar-refractivity contribution in [1.82, 2.24) is 10.1 Å². The van der Waals surface area contributed by atoms with Crippen LogP contribution in [0, 0.1) is 0 Å². The highest BCUT2D eigenvalue weighted by Crippen LogP contribution is 2.27. The van der Waals surface area contributed by atoms with Crippen LogP contribution >= 0.6 is 11.3 Å². The minimum absolute atomic E-state index is 0.586. The van der Waals surface area contributed by atoms with Gasteiger partial charge in [0, 0.05) is 24.4 Å². The quantitative estimate of drug-likeness (QED) is 0.558. The molecule has 0 spiro atoms. The van der Waals surface area contributed by atoms with Gasteiger partial charge in [-0.25, -0.2) is 0 Å². The summed E-state index contributed by atoms with van der Waals surface area (Å²) < 4.78 is 11.0. The van der Waals surface area contributed by atoms with E-state index in [9.17, 15) is 0 Å². The van der Waals surface area contributed by atoms with E-state index in [-0.39, 0.29) is 0 Å². The Bertz CT molecular complexity index is 913. The largest absolute Gasteiger partial charge is 0.378 e. The average molecular weight is 411 g/mol. The van der Waals surface area contributed by atoms with Crippen LogP contribution in [-0.2, 0) is 4.74 Å². The summed E-state index contributed by atoms with van der Waals surface area (Å²) in [5.41, 5.74) is 9.08. The van der Waals surface area contributed by atoms with Crippen LogP contribution in [0.25, 0.3) is 22.4 Å². The Morgan fingerprint density at radius 1 is 1.14 bits per heavy atom. The van der Waals surface area contributed by atoms with Gasteiger partial charge < -0.3 is 19.9 Å². The second-order valence-electron chi connectivity index (χ2n) is 7.01. The zero-order valence-electron chi connectivity index (χ0n) is 16.4. The van der Waals surface area contributed by atoms with Crippen molar-refractivity contribution in [2.45, 2.75) is 19.3 Å². The van der Waals surface area contributed by atoms with Crippen LogP contribution in [0.3, 0.4) is 0 Å². The van der Waals surface area contributed by atoms with Crippen LogP contribution in [0.5, 0.6) is 0 Å². The normalized spacial score (nSPS) is 15.1. The van der Waals surface area contributed by atoms with Gasteiger partial charge in [-0.05, 0) is 61.0 Å². The third kappa shape index (κ3) is 5.12. The van der Waals surface area contributed by atoms with E-state index in [0.717, 1.165) is 61.6 Å². The summed E-state index contributed by atoms with van der Waals surface area (Å²) in [7, 11) is 0. The highest BCUT2D eigenvalue weighted by molar-refractivity contribution is 7.13. The molecule has 152 valence electrons. The predicted molar refractivity (Wildman–Crippen MR) is 118 cm³/mol. The number of nitrogens with two attached hydrogens (primary N) is 1. The highest BCUT2D eigenvalue weighted by atomic mass is 32.1. The first-order valence-electron chi connectivity index (χ1n) is 10.0. The van der Waals surface area contributed by atoms with Crippen molar-refractivity contribution in [2.24, 2.45) is 5.73 Å². The minimum atomic E-state index is 0.586. The highest BCUT2D eigenvalue weighted by Gasteiger charge is 2.14. The number of rotatable bonds is 8. The molecule has 4 rings (SSSR count). The summed E-state index contributed by atoms with van der Waals surface area (Å²) in [6.07, 6.45) is 4.96. The molecule has 6 nitrogen and oxygen atoms in total. The molecule has 1 aromatic carbocycles. The summed E-state index contributed by atoms with van der Waals surface area (Å²) in [6, 6.07) is 12.6. The lowest BCUT2D eigenvalue weighted by Crippen LogP contribution is -2.36. The van der Waals surface area contributed by atoms with Gasteiger partial charge in [0.25, 0.3) is 5.89 Å². The van der Waals surface area contributed by atoms with Crippen molar-refractivity contribution in [1.29, 1.82) is 0 Å². The number of ether oxygens (including phenoxy) is 1. The maximum absolute atomic E-state index is 5.68. The minimum Gasteiger partial charge on any atom is -0.378 e. The maximum Gasteiger partial charge on any atom is 0.254 e. The fraction of sp³-hybridized carbons (Fsp3) is 0.364. The van der Waals surface area contributed by atoms with Crippen molar-refractivity contribution in [3.05, 3.63) is 53.2 Å². The molecular weight excluding hydrogens is 384 g/mol. The number of nitrogens with zero attached hydrogens (tertiary/aromatic N) is 3. The number of allylic oxidation sites excluding steroid dienone is 1. The number of morpholine rings is 1. The molecule has 2 aromatic heterocycles. The van der Waals surface area contributed by atoms with Crippen molar-refractivity contribution in [3.8, 4) is 10.7 Å². The molecule has 7 heteroatoms. The van der Waals surface area contributed by atoms with E-state index in [2.05, 4.69) is 45.4 Å². The number of thiophene rings is 1. The second-order valence-corrected chi connectivity index (χ2v) is 7.95. The van der Waals surface area contributed by atoms with E-state index in [1.54, 1.807) is 11.3 Å². The molecule has 1 aliphatic rings. The monoisotopic (exact) mass is 410 g/mol. The molecular formula is C22H26N4O2S. The maximum atomic E-state index is 5.68. The molecule has 2 N–H and O–H groups in total. The van der Waals surface area contributed by atoms with Gasteiger partial charge >= 0.3 is 0 Å². The van der Waals surface area contributed by atoms with Crippen LogP contribution in [0.15, 0.2) is 46.3 Å². The van der Waals surface area contributed by atoms with Gasteiger partial charge in [0.15, 0.2) is 0 Å². The molecule has 0 radical (unpaired) electrons. The van der Waals surface area contributed by atoms with Crippen LogP contribution in [-0.4, -0.2) is 43.0 Å².